The lowest BCUT2D eigenvalue weighted by atomic mass is 9.87. The van der Waals surface area contributed by atoms with E-state index in [4.69, 9.17) is 0 Å². The lowest BCUT2D eigenvalue weighted by Gasteiger charge is -2.26. The normalized spacial score (nSPS) is 23.4. The van der Waals surface area contributed by atoms with Crippen LogP contribution in [0.2, 0.25) is 0 Å². The highest BCUT2D eigenvalue weighted by atomic mass is 16.3. The van der Waals surface area contributed by atoms with Crippen LogP contribution in [0.1, 0.15) is 25.7 Å². The number of rotatable bonds is 3. The van der Waals surface area contributed by atoms with Crippen molar-refractivity contribution in [3.8, 4) is 0 Å². The Morgan fingerprint density at radius 1 is 0.947 bits per heavy atom. The van der Waals surface area contributed by atoms with E-state index in [0.29, 0.717) is 5.92 Å². The first kappa shape index (κ1) is 12.5. The average Bonchev–Trinajstić information content (AvgIpc) is 2.47. The van der Waals surface area contributed by atoms with Gasteiger partial charge in [-0.25, -0.2) is 0 Å². The van der Waals surface area contributed by atoms with Crippen LogP contribution in [0.25, 0.3) is 10.8 Å². The van der Waals surface area contributed by atoms with E-state index in [-0.39, 0.29) is 6.10 Å². The van der Waals surface area contributed by atoms with E-state index in [1.54, 1.807) is 0 Å². The van der Waals surface area contributed by atoms with Crippen molar-refractivity contribution in [1.29, 1.82) is 0 Å². The lowest BCUT2D eigenvalue weighted by molar-refractivity contribution is 0.111. The van der Waals surface area contributed by atoms with E-state index in [9.17, 15) is 5.11 Å². The molecule has 0 spiro atoms. The molecule has 2 aromatic rings. The molecule has 1 saturated carbocycles. The Hall–Kier alpha value is -1.54. The van der Waals surface area contributed by atoms with E-state index in [1.807, 2.05) is 0 Å². The number of benzene rings is 2. The molecule has 1 fully saturated rings. The molecule has 2 aromatic carbocycles. The predicted molar refractivity (Wildman–Crippen MR) is 80.4 cm³/mol. The van der Waals surface area contributed by atoms with Gasteiger partial charge in [-0.2, -0.15) is 0 Å². The van der Waals surface area contributed by atoms with Gasteiger partial charge in [0.15, 0.2) is 0 Å². The molecule has 0 heterocycles. The summed E-state index contributed by atoms with van der Waals surface area (Å²) in [6.07, 6.45) is 4.13. The molecular weight excluding hydrogens is 234 g/mol. The van der Waals surface area contributed by atoms with E-state index in [1.165, 1.54) is 16.5 Å². The highest BCUT2D eigenvalue weighted by molar-refractivity contribution is 5.93. The van der Waals surface area contributed by atoms with Crippen LogP contribution in [0.5, 0.6) is 0 Å². The van der Waals surface area contributed by atoms with Crippen LogP contribution in [0, 0.1) is 5.92 Å². The van der Waals surface area contributed by atoms with Gasteiger partial charge >= 0.3 is 0 Å². The van der Waals surface area contributed by atoms with Gasteiger partial charge in [0.2, 0.25) is 0 Å². The molecule has 1 aliphatic rings. The van der Waals surface area contributed by atoms with Crippen LogP contribution >= 0.6 is 0 Å². The van der Waals surface area contributed by atoms with Gasteiger partial charge in [0.1, 0.15) is 0 Å². The zero-order valence-electron chi connectivity index (χ0n) is 11.2. The van der Waals surface area contributed by atoms with Crippen LogP contribution in [-0.4, -0.2) is 17.8 Å². The third-order valence-electron chi connectivity index (χ3n) is 4.19. The minimum atomic E-state index is -0.0613. The molecule has 0 radical (unpaired) electrons. The molecule has 2 nitrogen and oxygen atoms in total. The first-order valence-electron chi connectivity index (χ1n) is 7.22. The van der Waals surface area contributed by atoms with E-state index in [2.05, 4.69) is 47.8 Å². The van der Waals surface area contributed by atoms with Crippen molar-refractivity contribution in [2.75, 3.05) is 11.9 Å². The Morgan fingerprint density at radius 2 is 1.68 bits per heavy atom. The molecule has 1 aliphatic carbocycles. The number of fused-ring (bicyclic) bond motifs is 1. The maximum absolute atomic E-state index is 9.53. The molecular formula is C17H21NO. The number of aliphatic hydroxyl groups is 1. The fraction of sp³-hybridized carbons (Fsp3) is 0.412. The van der Waals surface area contributed by atoms with Gasteiger partial charge in [-0.1, -0.05) is 36.4 Å². The smallest absolute Gasteiger partial charge is 0.0540 e. The lowest BCUT2D eigenvalue weighted by Crippen LogP contribution is -2.23. The van der Waals surface area contributed by atoms with Gasteiger partial charge in [0.05, 0.1) is 6.10 Å². The van der Waals surface area contributed by atoms with Crippen molar-refractivity contribution in [3.63, 3.8) is 0 Å². The molecule has 0 saturated heterocycles. The minimum absolute atomic E-state index is 0.0613. The van der Waals surface area contributed by atoms with Crippen molar-refractivity contribution in [2.45, 2.75) is 31.8 Å². The number of nitrogens with one attached hydrogen (secondary N) is 1. The topological polar surface area (TPSA) is 32.3 Å². The van der Waals surface area contributed by atoms with Crippen molar-refractivity contribution >= 4 is 16.5 Å². The first-order valence-corrected chi connectivity index (χ1v) is 7.22. The van der Waals surface area contributed by atoms with E-state index < -0.39 is 0 Å². The predicted octanol–water partition coefficient (Wildman–Crippen LogP) is 3.80. The van der Waals surface area contributed by atoms with Crippen molar-refractivity contribution in [1.82, 2.24) is 0 Å². The summed E-state index contributed by atoms with van der Waals surface area (Å²) in [5.41, 5.74) is 1.23. The number of aliphatic hydroxyl groups excluding tert-OH is 1. The highest BCUT2D eigenvalue weighted by Crippen LogP contribution is 2.27. The summed E-state index contributed by atoms with van der Waals surface area (Å²) in [5, 5.41) is 15.7. The van der Waals surface area contributed by atoms with Crippen LogP contribution in [0.4, 0.5) is 5.69 Å². The molecule has 100 valence electrons. The third-order valence-corrected chi connectivity index (χ3v) is 4.19. The van der Waals surface area contributed by atoms with E-state index in [0.717, 1.165) is 32.2 Å². The summed E-state index contributed by atoms with van der Waals surface area (Å²) in [5.74, 6) is 0.697. The SMILES string of the molecule is OC1CCC(CNc2cccc3ccccc23)CC1. The maximum atomic E-state index is 9.53. The van der Waals surface area contributed by atoms with Gasteiger partial charge in [-0.05, 0) is 43.1 Å². The van der Waals surface area contributed by atoms with Crippen LogP contribution in [-0.2, 0) is 0 Å². The molecule has 0 unspecified atom stereocenters. The third kappa shape index (κ3) is 2.90. The summed E-state index contributed by atoms with van der Waals surface area (Å²) in [7, 11) is 0. The Bertz CT molecular complexity index is 538. The van der Waals surface area contributed by atoms with Gasteiger partial charge in [-0.15, -0.1) is 0 Å². The molecule has 19 heavy (non-hydrogen) atoms. The molecule has 0 aliphatic heterocycles. The Kier molecular flexibility index (Phi) is 3.69. The molecule has 2 N–H and O–H groups in total. The number of hydrogen-bond acceptors (Lipinski definition) is 2. The Balaban J connectivity index is 1.68. The zero-order valence-corrected chi connectivity index (χ0v) is 11.2. The molecule has 0 bridgehead atoms. The van der Waals surface area contributed by atoms with Crippen LogP contribution < -0.4 is 5.32 Å². The Morgan fingerprint density at radius 3 is 2.53 bits per heavy atom. The fourth-order valence-corrected chi connectivity index (χ4v) is 2.98. The summed E-state index contributed by atoms with van der Waals surface area (Å²) < 4.78 is 0. The van der Waals surface area contributed by atoms with Crippen LogP contribution in [0.3, 0.4) is 0 Å². The molecule has 0 aromatic heterocycles. The average molecular weight is 255 g/mol. The van der Waals surface area contributed by atoms with Gasteiger partial charge < -0.3 is 10.4 Å². The minimum Gasteiger partial charge on any atom is -0.393 e. The highest BCUT2D eigenvalue weighted by Gasteiger charge is 2.19. The number of hydrogen-bond donors (Lipinski definition) is 2. The molecule has 0 atom stereocenters. The zero-order chi connectivity index (χ0) is 13.1. The second kappa shape index (κ2) is 5.62. The van der Waals surface area contributed by atoms with Crippen LogP contribution in [0.15, 0.2) is 42.5 Å². The Labute approximate surface area is 114 Å². The summed E-state index contributed by atoms with van der Waals surface area (Å²) in [6.45, 7) is 1.01. The summed E-state index contributed by atoms with van der Waals surface area (Å²) >= 11 is 0. The van der Waals surface area contributed by atoms with Crippen molar-refractivity contribution in [3.05, 3.63) is 42.5 Å². The fourth-order valence-electron chi connectivity index (χ4n) is 2.98. The standard InChI is InChI=1S/C17H21NO/c19-15-10-8-13(9-11-15)12-18-17-7-3-5-14-4-1-2-6-16(14)17/h1-7,13,15,18-19H,8-12H2. The quantitative estimate of drug-likeness (QED) is 0.874. The van der Waals surface area contributed by atoms with Gasteiger partial charge in [-0.3, -0.25) is 0 Å². The largest absolute Gasteiger partial charge is 0.393 e. The van der Waals surface area contributed by atoms with Gasteiger partial charge in [0, 0.05) is 17.6 Å². The van der Waals surface area contributed by atoms with E-state index >= 15 is 0 Å². The van der Waals surface area contributed by atoms with Gasteiger partial charge in [0.25, 0.3) is 0 Å². The van der Waals surface area contributed by atoms with Crippen molar-refractivity contribution < 1.29 is 5.11 Å². The molecule has 3 rings (SSSR count). The number of anilines is 1. The monoisotopic (exact) mass is 255 g/mol. The molecule has 0 amide bonds. The second-order valence-electron chi connectivity index (χ2n) is 5.58. The van der Waals surface area contributed by atoms with Crippen molar-refractivity contribution in [2.24, 2.45) is 5.92 Å². The first-order chi connectivity index (χ1) is 9.33. The summed E-state index contributed by atoms with van der Waals surface area (Å²) in [4.78, 5) is 0. The second-order valence-corrected chi connectivity index (χ2v) is 5.58. The summed E-state index contributed by atoms with van der Waals surface area (Å²) in [6, 6.07) is 14.9. The maximum Gasteiger partial charge on any atom is 0.0540 e. The molecule has 2 heteroatoms.